The molecular formula is C14H17N3O2. The third-order valence-electron chi connectivity index (χ3n) is 3.57. The molecule has 1 N–H and O–H groups in total. The lowest BCUT2D eigenvalue weighted by atomic mass is 10.1. The number of aromatic nitrogens is 2. The van der Waals surface area contributed by atoms with Gasteiger partial charge in [-0.15, -0.1) is 0 Å². The van der Waals surface area contributed by atoms with Crippen molar-refractivity contribution in [2.24, 2.45) is 0 Å². The van der Waals surface area contributed by atoms with Gasteiger partial charge in [0.15, 0.2) is 0 Å². The molecule has 2 aromatic rings. The SMILES string of the molecule is CCC1CN(C(=O)c2ccc3cn[nH]c3c2)CCO1. The van der Waals surface area contributed by atoms with E-state index in [-0.39, 0.29) is 12.0 Å². The number of rotatable bonds is 2. The fourth-order valence-electron chi connectivity index (χ4n) is 2.40. The highest BCUT2D eigenvalue weighted by molar-refractivity contribution is 5.97. The number of benzene rings is 1. The van der Waals surface area contributed by atoms with Crippen LogP contribution < -0.4 is 0 Å². The second kappa shape index (κ2) is 5.01. The summed E-state index contributed by atoms with van der Waals surface area (Å²) in [7, 11) is 0. The second-order valence-corrected chi connectivity index (χ2v) is 4.82. The fraction of sp³-hybridized carbons (Fsp3) is 0.429. The molecule has 1 unspecified atom stereocenters. The van der Waals surface area contributed by atoms with Gasteiger partial charge in [0.05, 0.1) is 24.4 Å². The van der Waals surface area contributed by atoms with Crippen LogP contribution in [0.3, 0.4) is 0 Å². The molecule has 5 heteroatoms. The zero-order chi connectivity index (χ0) is 13.2. The van der Waals surface area contributed by atoms with Crippen LogP contribution >= 0.6 is 0 Å². The van der Waals surface area contributed by atoms with E-state index in [1.54, 1.807) is 6.20 Å². The van der Waals surface area contributed by atoms with Gasteiger partial charge in [0, 0.05) is 24.0 Å². The zero-order valence-electron chi connectivity index (χ0n) is 10.9. The lowest BCUT2D eigenvalue weighted by molar-refractivity contribution is -0.0226. The highest BCUT2D eigenvalue weighted by Crippen LogP contribution is 2.16. The minimum absolute atomic E-state index is 0.0678. The fourth-order valence-corrected chi connectivity index (χ4v) is 2.40. The zero-order valence-corrected chi connectivity index (χ0v) is 10.9. The maximum absolute atomic E-state index is 12.5. The van der Waals surface area contributed by atoms with Crippen molar-refractivity contribution in [2.75, 3.05) is 19.7 Å². The van der Waals surface area contributed by atoms with Crippen molar-refractivity contribution in [3.05, 3.63) is 30.0 Å². The molecular weight excluding hydrogens is 242 g/mol. The largest absolute Gasteiger partial charge is 0.375 e. The molecule has 1 aromatic heterocycles. The summed E-state index contributed by atoms with van der Waals surface area (Å²) in [6, 6.07) is 5.64. The van der Waals surface area contributed by atoms with Gasteiger partial charge in [-0.05, 0) is 18.6 Å². The van der Waals surface area contributed by atoms with Crippen LogP contribution in [-0.2, 0) is 4.74 Å². The molecule has 1 aromatic carbocycles. The van der Waals surface area contributed by atoms with Crippen molar-refractivity contribution >= 4 is 16.8 Å². The summed E-state index contributed by atoms with van der Waals surface area (Å²) < 4.78 is 5.59. The van der Waals surface area contributed by atoms with Crippen molar-refractivity contribution in [1.29, 1.82) is 0 Å². The Balaban J connectivity index is 1.82. The number of carbonyl (C=O) groups is 1. The van der Waals surface area contributed by atoms with E-state index in [1.165, 1.54) is 0 Å². The topological polar surface area (TPSA) is 58.2 Å². The summed E-state index contributed by atoms with van der Waals surface area (Å²) in [5.41, 5.74) is 1.60. The summed E-state index contributed by atoms with van der Waals surface area (Å²) in [5, 5.41) is 7.88. The molecule has 0 aliphatic carbocycles. The molecule has 0 saturated carbocycles. The molecule has 1 fully saturated rings. The first-order valence-electron chi connectivity index (χ1n) is 6.62. The average molecular weight is 259 g/mol. The lowest BCUT2D eigenvalue weighted by Crippen LogP contribution is -2.45. The van der Waals surface area contributed by atoms with Crippen LogP contribution in [0.25, 0.3) is 10.9 Å². The molecule has 19 heavy (non-hydrogen) atoms. The predicted octanol–water partition coefficient (Wildman–Crippen LogP) is 1.81. The standard InChI is InChI=1S/C14H17N3O2/c1-2-12-9-17(5-6-19-12)14(18)10-3-4-11-8-15-16-13(11)7-10/h3-4,7-8,12H,2,5-6,9H2,1H3,(H,15,16). The van der Waals surface area contributed by atoms with Gasteiger partial charge in [-0.2, -0.15) is 5.10 Å². The molecule has 1 atom stereocenters. The molecule has 1 saturated heterocycles. The molecule has 1 amide bonds. The van der Waals surface area contributed by atoms with E-state index in [9.17, 15) is 4.79 Å². The summed E-state index contributed by atoms with van der Waals surface area (Å²) in [6.07, 6.45) is 2.85. The van der Waals surface area contributed by atoms with Crippen LogP contribution in [0.1, 0.15) is 23.7 Å². The summed E-state index contributed by atoms with van der Waals surface area (Å²) in [4.78, 5) is 14.3. The number of amides is 1. The molecule has 100 valence electrons. The van der Waals surface area contributed by atoms with E-state index in [4.69, 9.17) is 4.74 Å². The van der Waals surface area contributed by atoms with Crippen LogP contribution in [0.2, 0.25) is 0 Å². The average Bonchev–Trinajstić information content (AvgIpc) is 2.94. The van der Waals surface area contributed by atoms with Gasteiger partial charge in [-0.25, -0.2) is 0 Å². The van der Waals surface area contributed by atoms with E-state index >= 15 is 0 Å². The Hall–Kier alpha value is -1.88. The van der Waals surface area contributed by atoms with Crippen LogP contribution in [0.15, 0.2) is 24.4 Å². The number of fused-ring (bicyclic) bond motifs is 1. The molecule has 0 spiro atoms. The van der Waals surface area contributed by atoms with Gasteiger partial charge in [-0.3, -0.25) is 9.89 Å². The van der Waals surface area contributed by atoms with Crippen LogP contribution in [-0.4, -0.2) is 46.8 Å². The minimum atomic E-state index is 0.0678. The molecule has 1 aliphatic heterocycles. The van der Waals surface area contributed by atoms with Crippen LogP contribution in [0.4, 0.5) is 0 Å². The van der Waals surface area contributed by atoms with Gasteiger partial charge in [0.1, 0.15) is 0 Å². The van der Waals surface area contributed by atoms with E-state index in [1.807, 2.05) is 23.1 Å². The number of aromatic amines is 1. The first kappa shape index (κ1) is 12.2. The number of nitrogens with one attached hydrogen (secondary N) is 1. The van der Waals surface area contributed by atoms with Crippen LogP contribution in [0.5, 0.6) is 0 Å². The number of carbonyl (C=O) groups excluding carboxylic acids is 1. The predicted molar refractivity (Wildman–Crippen MR) is 72.0 cm³/mol. The van der Waals surface area contributed by atoms with Gasteiger partial charge in [0.2, 0.25) is 0 Å². The third kappa shape index (κ3) is 2.33. The van der Waals surface area contributed by atoms with Crippen molar-refractivity contribution in [2.45, 2.75) is 19.4 Å². The number of morpholine rings is 1. The van der Waals surface area contributed by atoms with E-state index in [0.717, 1.165) is 17.3 Å². The van der Waals surface area contributed by atoms with Crippen molar-refractivity contribution in [1.82, 2.24) is 15.1 Å². The van der Waals surface area contributed by atoms with Crippen molar-refractivity contribution in [3.63, 3.8) is 0 Å². The van der Waals surface area contributed by atoms with Gasteiger partial charge >= 0.3 is 0 Å². The van der Waals surface area contributed by atoms with E-state index in [0.29, 0.717) is 25.3 Å². The molecule has 3 rings (SSSR count). The van der Waals surface area contributed by atoms with E-state index in [2.05, 4.69) is 17.1 Å². The lowest BCUT2D eigenvalue weighted by Gasteiger charge is -2.32. The minimum Gasteiger partial charge on any atom is -0.375 e. The molecule has 2 heterocycles. The summed E-state index contributed by atoms with van der Waals surface area (Å²) >= 11 is 0. The highest BCUT2D eigenvalue weighted by Gasteiger charge is 2.24. The highest BCUT2D eigenvalue weighted by atomic mass is 16.5. The maximum atomic E-state index is 12.5. The first-order chi connectivity index (χ1) is 9.28. The van der Waals surface area contributed by atoms with Crippen LogP contribution in [0, 0.1) is 0 Å². The summed E-state index contributed by atoms with van der Waals surface area (Å²) in [6.45, 7) is 4.04. The van der Waals surface area contributed by atoms with Gasteiger partial charge in [0.25, 0.3) is 5.91 Å². The number of ether oxygens (including phenoxy) is 1. The number of nitrogens with zero attached hydrogens (tertiary/aromatic N) is 2. The number of H-pyrrole nitrogens is 1. The van der Waals surface area contributed by atoms with E-state index < -0.39 is 0 Å². The number of hydrogen-bond acceptors (Lipinski definition) is 3. The third-order valence-corrected chi connectivity index (χ3v) is 3.57. The molecule has 5 nitrogen and oxygen atoms in total. The van der Waals surface area contributed by atoms with Gasteiger partial charge < -0.3 is 9.64 Å². The monoisotopic (exact) mass is 259 g/mol. The first-order valence-corrected chi connectivity index (χ1v) is 6.62. The van der Waals surface area contributed by atoms with Gasteiger partial charge in [-0.1, -0.05) is 13.0 Å². The summed E-state index contributed by atoms with van der Waals surface area (Å²) in [5.74, 6) is 0.0678. The van der Waals surface area contributed by atoms with Crippen molar-refractivity contribution < 1.29 is 9.53 Å². The Morgan fingerprint density at radius 1 is 1.58 bits per heavy atom. The Labute approximate surface area is 111 Å². The Kier molecular flexibility index (Phi) is 3.21. The maximum Gasteiger partial charge on any atom is 0.254 e. The smallest absolute Gasteiger partial charge is 0.254 e. The van der Waals surface area contributed by atoms with Crippen molar-refractivity contribution in [3.8, 4) is 0 Å². The molecule has 1 aliphatic rings. The quantitative estimate of drug-likeness (QED) is 0.895. The second-order valence-electron chi connectivity index (χ2n) is 4.82. The number of hydrogen-bond donors (Lipinski definition) is 1. The molecule has 0 radical (unpaired) electrons. The molecule has 0 bridgehead atoms. The Morgan fingerprint density at radius 2 is 2.47 bits per heavy atom. The normalized spacial score (nSPS) is 19.8. The Morgan fingerprint density at radius 3 is 3.32 bits per heavy atom. The Bertz CT molecular complexity index is 593.